The molecule has 0 aliphatic carbocycles. The largest absolute Gasteiger partial charge is 0.494 e. The minimum atomic E-state index is -0.905. The second-order valence-corrected chi connectivity index (χ2v) is 4.36. The van der Waals surface area contributed by atoms with Gasteiger partial charge in [-0.1, -0.05) is 6.07 Å². The molecule has 1 amide bonds. The Hall–Kier alpha value is -1.29. The van der Waals surface area contributed by atoms with Gasteiger partial charge in [0, 0.05) is 6.04 Å². The molecule has 1 rings (SSSR count). The summed E-state index contributed by atoms with van der Waals surface area (Å²) >= 11 is 5.95. The summed E-state index contributed by atoms with van der Waals surface area (Å²) in [5.74, 6) is -0.749. The van der Waals surface area contributed by atoms with Crippen LogP contribution in [0, 0.1) is 5.82 Å². The van der Waals surface area contributed by atoms with Crippen LogP contribution in [-0.2, 0) is 4.79 Å². The van der Waals surface area contributed by atoms with Crippen molar-refractivity contribution in [3.8, 4) is 5.75 Å². The number of nitrogens with one attached hydrogen (secondary N) is 1. The molecule has 0 heterocycles. The maximum absolute atomic E-state index is 13.4. The molecule has 0 aliphatic rings. The van der Waals surface area contributed by atoms with E-state index in [-0.39, 0.29) is 17.7 Å². The number of benzene rings is 1. The highest BCUT2D eigenvalue weighted by molar-refractivity contribution is 6.30. The highest BCUT2D eigenvalue weighted by Crippen LogP contribution is 2.25. The van der Waals surface area contributed by atoms with E-state index in [1.165, 1.54) is 19.2 Å². The molecule has 0 radical (unpaired) electrons. The molecule has 1 atom stereocenters. The minimum Gasteiger partial charge on any atom is -0.494 e. The monoisotopic (exact) mass is 259 g/mol. The predicted molar refractivity (Wildman–Crippen MR) is 64.8 cm³/mol. The Bertz CT molecular complexity index is 409. The van der Waals surface area contributed by atoms with Crippen LogP contribution >= 0.6 is 11.6 Å². The van der Waals surface area contributed by atoms with Crippen LogP contribution in [-0.4, -0.2) is 19.1 Å². The van der Waals surface area contributed by atoms with Crippen LogP contribution in [0.25, 0.3) is 0 Å². The van der Waals surface area contributed by atoms with Gasteiger partial charge in [0.1, 0.15) is 5.38 Å². The second kappa shape index (κ2) is 5.87. The molecule has 0 aromatic heterocycles. The number of carbonyl (C=O) groups is 1. The van der Waals surface area contributed by atoms with Crippen molar-refractivity contribution in [2.45, 2.75) is 25.3 Å². The van der Waals surface area contributed by atoms with Gasteiger partial charge in [-0.05, 0) is 31.5 Å². The number of alkyl halides is 1. The molecule has 1 N–H and O–H groups in total. The first kappa shape index (κ1) is 13.8. The van der Waals surface area contributed by atoms with E-state index in [4.69, 9.17) is 16.3 Å². The Morgan fingerprint density at radius 3 is 2.59 bits per heavy atom. The zero-order valence-corrected chi connectivity index (χ0v) is 10.7. The van der Waals surface area contributed by atoms with Gasteiger partial charge in [-0.3, -0.25) is 4.79 Å². The first-order valence-electron chi connectivity index (χ1n) is 5.23. The summed E-state index contributed by atoms with van der Waals surface area (Å²) in [6.45, 7) is 3.66. The Morgan fingerprint density at radius 1 is 1.47 bits per heavy atom. The van der Waals surface area contributed by atoms with E-state index in [2.05, 4.69) is 5.32 Å². The standard InChI is InChI=1S/C12H15ClFNO2/c1-7(2)15-12(16)11(13)8-4-5-10(17-3)9(14)6-8/h4-7,11H,1-3H3,(H,15,16). The first-order chi connectivity index (χ1) is 7.95. The fourth-order valence-corrected chi connectivity index (χ4v) is 1.55. The van der Waals surface area contributed by atoms with Crippen LogP contribution in [0.15, 0.2) is 18.2 Å². The second-order valence-electron chi connectivity index (χ2n) is 3.92. The van der Waals surface area contributed by atoms with Crippen molar-refractivity contribution in [2.75, 3.05) is 7.11 Å². The minimum absolute atomic E-state index is 0.00755. The molecule has 3 nitrogen and oxygen atoms in total. The Labute approximate surface area is 105 Å². The van der Waals surface area contributed by atoms with E-state index in [1.54, 1.807) is 6.07 Å². The summed E-state index contributed by atoms with van der Waals surface area (Å²) in [6, 6.07) is 4.21. The van der Waals surface area contributed by atoms with Crippen molar-refractivity contribution >= 4 is 17.5 Å². The lowest BCUT2D eigenvalue weighted by molar-refractivity contribution is -0.121. The number of ether oxygens (including phenoxy) is 1. The third-order valence-electron chi connectivity index (χ3n) is 2.13. The SMILES string of the molecule is COc1ccc(C(Cl)C(=O)NC(C)C)cc1F. The number of methoxy groups -OCH3 is 1. The quantitative estimate of drug-likeness (QED) is 0.845. The number of hydrogen-bond donors (Lipinski definition) is 1. The summed E-state index contributed by atoms with van der Waals surface area (Å²) in [5.41, 5.74) is 0.406. The third kappa shape index (κ3) is 3.60. The first-order valence-corrected chi connectivity index (χ1v) is 5.67. The molecule has 5 heteroatoms. The molecule has 94 valence electrons. The lowest BCUT2D eigenvalue weighted by Gasteiger charge is -2.13. The lowest BCUT2D eigenvalue weighted by Crippen LogP contribution is -2.32. The fourth-order valence-electron chi connectivity index (χ4n) is 1.35. The van der Waals surface area contributed by atoms with E-state index in [0.29, 0.717) is 5.56 Å². The predicted octanol–water partition coefficient (Wildman–Crippen LogP) is 2.64. The highest BCUT2D eigenvalue weighted by Gasteiger charge is 2.19. The number of halogens is 2. The van der Waals surface area contributed by atoms with Crippen molar-refractivity contribution in [1.29, 1.82) is 0 Å². The lowest BCUT2D eigenvalue weighted by atomic mass is 10.1. The molecular formula is C12H15ClFNO2. The summed E-state index contributed by atoms with van der Waals surface area (Å²) in [4.78, 5) is 11.6. The summed E-state index contributed by atoms with van der Waals surface area (Å²) in [7, 11) is 1.38. The molecule has 0 spiro atoms. The molecule has 0 fully saturated rings. The normalized spacial score (nSPS) is 12.4. The molecule has 0 aliphatic heterocycles. The number of amides is 1. The van der Waals surface area contributed by atoms with Crippen molar-refractivity contribution in [3.63, 3.8) is 0 Å². The molecule has 0 bridgehead atoms. The summed E-state index contributed by atoms with van der Waals surface area (Å²) in [6.07, 6.45) is 0. The molecule has 1 aromatic rings. The van der Waals surface area contributed by atoms with E-state index < -0.39 is 11.2 Å². The van der Waals surface area contributed by atoms with Crippen molar-refractivity contribution in [2.24, 2.45) is 0 Å². The number of carbonyl (C=O) groups excluding carboxylic acids is 1. The van der Waals surface area contributed by atoms with Crippen molar-refractivity contribution < 1.29 is 13.9 Å². The average molecular weight is 260 g/mol. The van der Waals surface area contributed by atoms with Gasteiger partial charge in [0.2, 0.25) is 5.91 Å². The van der Waals surface area contributed by atoms with Crippen LogP contribution in [0.5, 0.6) is 5.75 Å². The average Bonchev–Trinajstić information content (AvgIpc) is 2.27. The van der Waals surface area contributed by atoms with Gasteiger partial charge in [-0.2, -0.15) is 0 Å². The molecule has 0 saturated heterocycles. The smallest absolute Gasteiger partial charge is 0.242 e. The maximum atomic E-state index is 13.4. The van der Waals surface area contributed by atoms with Gasteiger partial charge in [0.05, 0.1) is 7.11 Å². The van der Waals surface area contributed by atoms with E-state index >= 15 is 0 Å². The van der Waals surface area contributed by atoms with E-state index in [0.717, 1.165) is 0 Å². The molecule has 0 saturated carbocycles. The van der Waals surface area contributed by atoms with Crippen LogP contribution in [0.2, 0.25) is 0 Å². The Morgan fingerprint density at radius 2 is 2.12 bits per heavy atom. The highest BCUT2D eigenvalue weighted by atomic mass is 35.5. The number of hydrogen-bond acceptors (Lipinski definition) is 2. The van der Waals surface area contributed by atoms with E-state index in [9.17, 15) is 9.18 Å². The van der Waals surface area contributed by atoms with Gasteiger partial charge in [-0.25, -0.2) is 4.39 Å². The topological polar surface area (TPSA) is 38.3 Å². The molecule has 1 aromatic carbocycles. The van der Waals surface area contributed by atoms with Crippen LogP contribution in [0.1, 0.15) is 24.8 Å². The third-order valence-corrected chi connectivity index (χ3v) is 2.58. The molecular weight excluding hydrogens is 245 g/mol. The zero-order chi connectivity index (χ0) is 13.0. The summed E-state index contributed by atoms with van der Waals surface area (Å²) < 4.78 is 18.2. The maximum Gasteiger partial charge on any atom is 0.242 e. The molecule has 17 heavy (non-hydrogen) atoms. The van der Waals surface area contributed by atoms with E-state index in [1.807, 2.05) is 13.8 Å². The number of rotatable bonds is 4. The Kier molecular flexibility index (Phi) is 4.75. The van der Waals surface area contributed by atoms with Crippen LogP contribution in [0.4, 0.5) is 4.39 Å². The zero-order valence-electron chi connectivity index (χ0n) is 9.96. The fraction of sp³-hybridized carbons (Fsp3) is 0.417. The van der Waals surface area contributed by atoms with Crippen molar-refractivity contribution in [3.05, 3.63) is 29.6 Å². The van der Waals surface area contributed by atoms with Crippen molar-refractivity contribution in [1.82, 2.24) is 5.32 Å². The van der Waals surface area contributed by atoms with Gasteiger partial charge in [-0.15, -0.1) is 11.6 Å². The van der Waals surface area contributed by atoms with Gasteiger partial charge in [0.15, 0.2) is 11.6 Å². The van der Waals surface area contributed by atoms with Gasteiger partial charge in [0.25, 0.3) is 0 Å². The van der Waals surface area contributed by atoms with Gasteiger partial charge >= 0.3 is 0 Å². The van der Waals surface area contributed by atoms with Crippen LogP contribution in [0.3, 0.4) is 0 Å². The van der Waals surface area contributed by atoms with Gasteiger partial charge < -0.3 is 10.1 Å². The Balaban J connectivity index is 2.85. The van der Waals surface area contributed by atoms with Crippen LogP contribution < -0.4 is 10.1 Å². The molecule has 1 unspecified atom stereocenters. The summed E-state index contributed by atoms with van der Waals surface area (Å²) in [5, 5.41) is 1.76.